The van der Waals surface area contributed by atoms with Crippen LogP contribution in [0.4, 0.5) is 5.82 Å². The zero-order valence-electron chi connectivity index (χ0n) is 13.6. The molecule has 0 aliphatic carbocycles. The molecule has 0 unspecified atom stereocenters. The highest BCUT2D eigenvalue weighted by Crippen LogP contribution is 2.17. The lowest BCUT2D eigenvalue weighted by Crippen LogP contribution is -2.13. The first-order chi connectivity index (χ1) is 12.2. The maximum atomic E-state index is 10.8. The Labute approximate surface area is 143 Å². The number of aryl methyl sites for hydroxylation is 1. The molecule has 0 amide bonds. The summed E-state index contributed by atoms with van der Waals surface area (Å²) >= 11 is 0. The van der Waals surface area contributed by atoms with Crippen molar-refractivity contribution in [3.8, 4) is 11.4 Å². The van der Waals surface area contributed by atoms with Gasteiger partial charge in [-0.1, -0.05) is 12.1 Å². The first kappa shape index (κ1) is 16.5. The maximum Gasteiger partial charge on any atom is 0.358 e. The molecular formula is C16H17N7O2. The SMILES string of the molecule is CCc1cc(NCCn2cc(C(=O)O)nn2)nc(-c2ccncc2)n1. The molecule has 3 heterocycles. The van der Waals surface area contributed by atoms with Crippen molar-refractivity contribution in [2.75, 3.05) is 11.9 Å². The minimum absolute atomic E-state index is 0.0738. The van der Waals surface area contributed by atoms with Crippen molar-refractivity contribution in [1.29, 1.82) is 0 Å². The van der Waals surface area contributed by atoms with Crippen LogP contribution in [0, 0.1) is 0 Å². The van der Waals surface area contributed by atoms with E-state index >= 15 is 0 Å². The molecule has 0 bridgehead atoms. The second-order valence-electron chi connectivity index (χ2n) is 5.26. The Morgan fingerprint density at radius 1 is 1.28 bits per heavy atom. The van der Waals surface area contributed by atoms with Gasteiger partial charge in [0, 0.05) is 36.3 Å². The fourth-order valence-electron chi connectivity index (χ4n) is 2.20. The molecule has 0 fully saturated rings. The summed E-state index contributed by atoms with van der Waals surface area (Å²) < 4.78 is 1.47. The van der Waals surface area contributed by atoms with Crippen molar-refractivity contribution in [2.45, 2.75) is 19.9 Å². The molecule has 0 saturated carbocycles. The van der Waals surface area contributed by atoms with Crippen molar-refractivity contribution in [3.05, 3.63) is 48.2 Å². The zero-order chi connectivity index (χ0) is 17.6. The monoisotopic (exact) mass is 339 g/mol. The molecule has 0 radical (unpaired) electrons. The summed E-state index contributed by atoms with van der Waals surface area (Å²) in [7, 11) is 0. The number of nitrogens with zero attached hydrogens (tertiary/aromatic N) is 6. The molecule has 0 aliphatic rings. The molecule has 128 valence electrons. The van der Waals surface area contributed by atoms with Crippen LogP contribution >= 0.6 is 0 Å². The molecule has 0 aliphatic heterocycles. The summed E-state index contributed by atoms with van der Waals surface area (Å²) in [5, 5.41) is 19.4. The van der Waals surface area contributed by atoms with Gasteiger partial charge < -0.3 is 10.4 Å². The molecule has 2 N–H and O–H groups in total. The van der Waals surface area contributed by atoms with Crippen molar-refractivity contribution in [3.63, 3.8) is 0 Å². The third kappa shape index (κ3) is 4.14. The summed E-state index contributed by atoms with van der Waals surface area (Å²) in [6.07, 6.45) is 5.59. The van der Waals surface area contributed by atoms with E-state index in [1.807, 2.05) is 25.1 Å². The van der Waals surface area contributed by atoms with E-state index in [2.05, 4.69) is 30.6 Å². The van der Waals surface area contributed by atoms with Gasteiger partial charge in [0.05, 0.1) is 12.7 Å². The molecule has 0 spiro atoms. The number of carbonyl (C=O) groups is 1. The van der Waals surface area contributed by atoms with E-state index in [1.54, 1.807) is 12.4 Å². The van der Waals surface area contributed by atoms with E-state index < -0.39 is 5.97 Å². The first-order valence-electron chi connectivity index (χ1n) is 7.81. The molecule has 9 nitrogen and oxygen atoms in total. The van der Waals surface area contributed by atoms with Gasteiger partial charge in [0.15, 0.2) is 11.5 Å². The highest BCUT2D eigenvalue weighted by Gasteiger charge is 2.09. The van der Waals surface area contributed by atoms with Crippen LogP contribution in [0.5, 0.6) is 0 Å². The first-order valence-corrected chi connectivity index (χ1v) is 7.81. The number of hydrogen-bond donors (Lipinski definition) is 2. The van der Waals surface area contributed by atoms with Crippen LogP contribution in [-0.2, 0) is 13.0 Å². The summed E-state index contributed by atoms with van der Waals surface area (Å²) in [5.74, 6) is 0.250. The topological polar surface area (TPSA) is 119 Å². The fraction of sp³-hybridized carbons (Fsp3) is 0.250. The highest BCUT2D eigenvalue weighted by molar-refractivity contribution is 5.84. The maximum absolute atomic E-state index is 10.8. The van der Waals surface area contributed by atoms with Gasteiger partial charge >= 0.3 is 5.97 Å². The molecule has 0 saturated heterocycles. The van der Waals surface area contributed by atoms with Crippen LogP contribution in [0.3, 0.4) is 0 Å². The lowest BCUT2D eigenvalue weighted by Gasteiger charge is -2.09. The van der Waals surface area contributed by atoms with E-state index in [9.17, 15) is 4.79 Å². The number of pyridine rings is 1. The molecule has 3 aromatic rings. The summed E-state index contributed by atoms with van der Waals surface area (Å²) in [6.45, 7) is 3.03. The van der Waals surface area contributed by atoms with Gasteiger partial charge in [-0.25, -0.2) is 19.4 Å². The lowest BCUT2D eigenvalue weighted by atomic mass is 10.2. The number of aromatic nitrogens is 6. The minimum Gasteiger partial charge on any atom is -0.476 e. The van der Waals surface area contributed by atoms with Crippen LogP contribution in [0.2, 0.25) is 0 Å². The lowest BCUT2D eigenvalue weighted by molar-refractivity contribution is 0.0690. The van der Waals surface area contributed by atoms with Gasteiger partial charge in [-0.05, 0) is 18.6 Å². The summed E-state index contributed by atoms with van der Waals surface area (Å²) in [5.41, 5.74) is 1.75. The largest absolute Gasteiger partial charge is 0.476 e. The van der Waals surface area contributed by atoms with Crippen LogP contribution < -0.4 is 5.32 Å². The third-order valence-corrected chi connectivity index (χ3v) is 3.48. The number of hydrogen-bond acceptors (Lipinski definition) is 7. The Kier molecular flexibility index (Phi) is 4.93. The second kappa shape index (κ2) is 7.47. The molecule has 0 atom stereocenters. The molecular weight excluding hydrogens is 322 g/mol. The molecule has 9 heteroatoms. The van der Waals surface area contributed by atoms with Crippen LogP contribution in [0.1, 0.15) is 23.1 Å². The molecule has 3 rings (SSSR count). The normalized spacial score (nSPS) is 10.6. The number of carboxylic acids is 1. The van der Waals surface area contributed by atoms with E-state index in [0.717, 1.165) is 17.7 Å². The van der Waals surface area contributed by atoms with E-state index in [4.69, 9.17) is 5.11 Å². The Hall–Kier alpha value is -3.36. The van der Waals surface area contributed by atoms with Crippen LogP contribution in [-0.4, -0.2) is 47.6 Å². The Morgan fingerprint density at radius 2 is 2.08 bits per heavy atom. The standard InChI is InChI=1S/C16H17N7O2/c1-2-12-9-14(20-15(19-12)11-3-5-17-6-4-11)18-7-8-23-10-13(16(24)25)21-22-23/h3-6,9-10H,2,7-8H2,1H3,(H,24,25)(H,18,19,20). The Bertz CT molecular complexity index is 864. The average Bonchev–Trinajstić information content (AvgIpc) is 3.11. The zero-order valence-corrected chi connectivity index (χ0v) is 13.6. The van der Waals surface area contributed by atoms with E-state index in [1.165, 1.54) is 10.9 Å². The molecule has 3 aromatic heterocycles. The number of aromatic carboxylic acids is 1. The quantitative estimate of drug-likeness (QED) is 0.665. The van der Waals surface area contributed by atoms with Gasteiger partial charge in [0.25, 0.3) is 0 Å². The smallest absolute Gasteiger partial charge is 0.358 e. The summed E-state index contributed by atoms with van der Waals surface area (Å²) in [4.78, 5) is 23.9. The number of rotatable bonds is 7. The minimum atomic E-state index is -1.09. The summed E-state index contributed by atoms with van der Waals surface area (Å²) in [6, 6.07) is 5.62. The van der Waals surface area contributed by atoms with Crippen LogP contribution in [0.15, 0.2) is 36.8 Å². The van der Waals surface area contributed by atoms with E-state index in [-0.39, 0.29) is 5.69 Å². The van der Waals surface area contributed by atoms with Crippen molar-refractivity contribution >= 4 is 11.8 Å². The average molecular weight is 339 g/mol. The van der Waals surface area contributed by atoms with Gasteiger partial charge in [-0.3, -0.25) is 4.98 Å². The van der Waals surface area contributed by atoms with Gasteiger partial charge in [-0.15, -0.1) is 5.10 Å². The highest BCUT2D eigenvalue weighted by atomic mass is 16.4. The number of carboxylic acid groups (broad SMARTS) is 1. The second-order valence-corrected chi connectivity index (χ2v) is 5.26. The predicted molar refractivity (Wildman–Crippen MR) is 90.1 cm³/mol. The van der Waals surface area contributed by atoms with Gasteiger partial charge in [0.1, 0.15) is 5.82 Å². The van der Waals surface area contributed by atoms with Crippen molar-refractivity contribution < 1.29 is 9.90 Å². The van der Waals surface area contributed by atoms with Crippen molar-refractivity contribution in [2.24, 2.45) is 0 Å². The van der Waals surface area contributed by atoms with Gasteiger partial charge in [-0.2, -0.15) is 0 Å². The molecule has 25 heavy (non-hydrogen) atoms. The van der Waals surface area contributed by atoms with Gasteiger partial charge in [0.2, 0.25) is 0 Å². The van der Waals surface area contributed by atoms with Crippen molar-refractivity contribution in [1.82, 2.24) is 29.9 Å². The predicted octanol–water partition coefficient (Wildman–Crippen LogP) is 1.50. The number of nitrogens with one attached hydrogen (secondary N) is 1. The Balaban J connectivity index is 1.70. The van der Waals surface area contributed by atoms with Crippen LogP contribution in [0.25, 0.3) is 11.4 Å². The number of anilines is 1. The van der Waals surface area contributed by atoms with E-state index in [0.29, 0.717) is 24.7 Å². The Morgan fingerprint density at radius 3 is 2.76 bits per heavy atom. The third-order valence-electron chi connectivity index (χ3n) is 3.48. The fourth-order valence-corrected chi connectivity index (χ4v) is 2.20. The molecule has 0 aromatic carbocycles.